The second-order valence-corrected chi connectivity index (χ2v) is 10.5. The van der Waals surface area contributed by atoms with Crippen LogP contribution in [0.15, 0.2) is 74.5 Å². The molecule has 0 aromatic heterocycles. The molecule has 1 aliphatic rings. The minimum Gasteiger partial charge on any atom is -0.493 e. The van der Waals surface area contributed by atoms with Crippen LogP contribution in [0.3, 0.4) is 0 Å². The Morgan fingerprint density at radius 1 is 1.03 bits per heavy atom. The van der Waals surface area contributed by atoms with Gasteiger partial charge < -0.3 is 9.47 Å². The SMILES string of the molecule is COc1cc(/C=C2\SC(=O)N(Cc3cccc(Cl)c3)C2=O)cc(Br)c1OCc1ccc(Br)cc1. The van der Waals surface area contributed by atoms with E-state index < -0.39 is 0 Å². The lowest BCUT2D eigenvalue weighted by Crippen LogP contribution is -2.27. The molecule has 2 amide bonds. The van der Waals surface area contributed by atoms with E-state index in [-0.39, 0.29) is 17.7 Å². The van der Waals surface area contributed by atoms with Crippen molar-refractivity contribution in [3.63, 3.8) is 0 Å². The minimum absolute atomic E-state index is 0.165. The molecule has 0 unspecified atom stereocenters. The van der Waals surface area contributed by atoms with Gasteiger partial charge >= 0.3 is 0 Å². The van der Waals surface area contributed by atoms with Gasteiger partial charge in [0, 0.05) is 9.50 Å². The average Bonchev–Trinajstić information content (AvgIpc) is 3.06. The van der Waals surface area contributed by atoms with Crippen LogP contribution in [0.25, 0.3) is 6.08 Å². The van der Waals surface area contributed by atoms with Gasteiger partial charge in [-0.25, -0.2) is 0 Å². The van der Waals surface area contributed by atoms with E-state index in [0.717, 1.165) is 27.4 Å². The number of imide groups is 1. The lowest BCUT2D eigenvalue weighted by Gasteiger charge is -2.14. The lowest BCUT2D eigenvalue weighted by atomic mass is 10.1. The van der Waals surface area contributed by atoms with Crippen molar-refractivity contribution in [2.45, 2.75) is 13.2 Å². The minimum atomic E-state index is -0.347. The fraction of sp³-hybridized carbons (Fsp3) is 0.120. The predicted molar refractivity (Wildman–Crippen MR) is 142 cm³/mol. The standard InChI is InChI=1S/C25H18Br2ClNO4S/c1-32-21-11-17(10-20(27)23(21)33-14-15-5-7-18(26)8-6-15)12-22-24(30)29(25(31)34-22)13-16-3-2-4-19(28)9-16/h2-12H,13-14H2,1H3/b22-12-. The lowest BCUT2D eigenvalue weighted by molar-refractivity contribution is -0.123. The molecular formula is C25H18Br2ClNO4S. The van der Waals surface area contributed by atoms with Crippen LogP contribution in [-0.4, -0.2) is 23.2 Å². The number of hydrogen-bond donors (Lipinski definition) is 0. The molecule has 0 atom stereocenters. The van der Waals surface area contributed by atoms with Gasteiger partial charge in [-0.3, -0.25) is 14.5 Å². The molecule has 1 fully saturated rings. The highest BCUT2D eigenvalue weighted by Crippen LogP contribution is 2.39. The summed E-state index contributed by atoms with van der Waals surface area (Å²) in [4.78, 5) is 27.0. The first-order valence-corrected chi connectivity index (χ1v) is 12.9. The van der Waals surface area contributed by atoms with Crippen molar-refractivity contribution in [1.29, 1.82) is 0 Å². The Bertz CT molecular complexity index is 1280. The Morgan fingerprint density at radius 3 is 2.50 bits per heavy atom. The predicted octanol–water partition coefficient (Wildman–Crippen LogP) is 7.69. The summed E-state index contributed by atoms with van der Waals surface area (Å²) in [5.41, 5.74) is 2.50. The molecule has 0 aliphatic carbocycles. The third-order valence-corrected chi connectivity index (χ3v) is 7.21. The monoisotopic (exact) mass is 621 g/mol. The number of carbonyl (C=O) groups is 2. The van der Waals surface area contributed by atoms with Crippen LogP contribution in [-0.2, 0) is 17.9 Å². The largest absolute Gasteiger partial charge is 0.493 e. The summed E-state index contributed by atoms with van der Waals surface area (Å²) in [5, 5.41) is 0.233. The zero-order chi connectivity index (χ0) is 24.2. The molecule has 3 aromatic carbocycles. The number of rotatable bonds is 7. The molecule has 1 aliphatic heterocycles. The number of halogens is 3. The molecular weight excluding hydrogens is 606 g/mol. The Kier molecular flexibility index (Phi) is 8.03. The van der Waals surface area contributed by atoms with Gasteiger partial charge in [-0.15, -0.1) is 0 Å². The molecule has 1 heterocycles. The number of benzene rings is 3. The molecule has 1 saturated heterocycles. The number of ether oxygens (including phenoxy) is 2. The molecule has 4 rings (SSSR count). The van der Waals surface area contributed by atoms with E-state index >= 15 is 0 Å². The highest BCUT2D eigenvalue weighted by atomic mass is 79.9. The summed E-state index contributed by atoms with van der Waals surface area (Å²) in [5.74, 6) is 0.716. The van der Waals surface area contributed by atoms with E-state index in [2.05, 4.69) is 31.9 Å². The van der Waals surface area contributed by atoms with Crippen molar-refractivity contribution in [3.8, 4) is 11.5 Å². The van der Waals surface area contributed by atoms with Gasteiger partial charge in [-0.2, -0.15) is 0 Å². The van der Waals surface area contributed by atoms with E-state index in [0.29, 0.717) is 38.1 Å². The van der Waals surface area contributed by atoms with E-state index in [4.69, 9.17) is 21.1 Å². The third-order valence-electron chi connectivity index (χ3n) is 4.95. The van der Waals surface area contributed by atoms with Gasteiger partial charge in [0.1, 0.15) is 6.61 Å². The van der Waals surface area contributed by atoms with E-state index in [9.17, 15) is 9.59 Å². The topological polar surface area (TPSA) is 55.8 Å². The molecule has 0 spiro atoms. The Morgan fingerprint density at radius 2 is 1.79 bits per heavy atom. The van der Waals surface area contributed by atoms with Crippen LogP contribution in [0.4, 0.5) is 4.79 Å². The zero-order valence-corrected chi connectivity index (χ0v) is 22.6. The van der Waals surface area contributed by atoms with Crippen molar-refractivity contribution < 1.29 is 19.1 Å². The number of hydrogen-bond acceptors (Lipinski definition) is 5. The molecule has 9 heteroatoms. The smallest absolute Gasteiger partial charge is 0.293 e. The van der Waals surface area contributed by atoms with Crippen LogP contribution >= 0.6 is 55.2 Å². The van der Waals surface area contributed by atoms with Gasteiger partial charge in [0.25, 0.3) is 11.1 Å². The van der Waals surface area contributed by atoms with Crippen molar-refractivity contribution in [3.05, 3.63) is 96.2 Å². The molecule has 0 saturated carbocycles. The first kappa shape index (κ1) is 24.9. The van der Waals surface area contributed by atoms with Gasteiger partial charge in [-0.1, -0.05) is 51.8 Å². The summed E-state index contributed by atoms with van der Waals surface area (Å²) >= 11 is 13.9. The number of carbonyl (C=O) groups excluding carboxylic acids is 2. The summed E-state index contributed by atoms with van der Waals surface area (Å²) < 4.78 is 13.2. The van der Waals surface area contributed by atoms with Gasteiger partial charge in [0.05, 0.1) is 23.0 Å². The van der Waals surface area contributed by atoms with Crippen molar-refractivity contribution in [2.24, 2.45) is 0 Å². The average molecular weight is 624 g/mol. The van der Waals surface area contributed by atoms with E-state index in [1.807, 2.05) is 36.4 Å². The molecule has 5 nitrogen and oxygen atoms in total. The fourth-order valence-corrected chi connectivity index (χ4v) is 5.19. The number of amides is 2. The summed E-state index contributed by atoms with van der Waals surface area (Å²) in [7, 11) is 1.55. The second-order valence-electron chi connectivity index (χ2n) is 7.35. The maximum absolute atomic E-state index is 12.9. The fourth-order valence-electron chi connectivity index (χ4n) is 3.30. The summed E-state index contributed by atoms with van der Waals surface area (Å²) in [6, 6.07) is 18.5. The molecule has 0 N–H and O–H groups in total. The van der Waals surface area contributed by atoms with Crippen molar-refractivity contribution in [1.82, 2.24) is 4.90 Å². The normalized spacial score (nSPS) is 14.7. The van der Waals surface area contributed by atoms with E-state index in [1.165, 1.54) is 4.90 Å². The molecule has 0 radical (unpaired) electrons. The highest BCUT2D eigenvalue weighted by molar-refractivity contribution is 9.10. The van der Waals surface area contributed by atoms with Crippen molar-refractivity contribution >= 4 is 72.4 Å². The highest BCUT2D eigenvalue weighted by Gasteiger charge is 2.35. The second kappa shape index (κ2) is 11.0. The van der Waals surface area contributed by atoms with Gasteiger partial charge in [0.2, 0.25) is 0 Å². The first-order chi connectivity index (χ1) is 16.3. The Balaban J connectivity index is 1.53. The third kappa shape index (κ3) is 5.86. The van der Waals surface area contributed by atoms with Gasteiger partial charge in [-0.05, 0) is 86.9 Å². The zero-order valence-electron chi connectivity index (χ0n) is 17.9. The van der Waals surface area contributed by atoms with Gasteiger partial charge in [0.15, 0.2) is 11.5 Å². The first-order valence-electron chi connectivity index (χ1n) is 10.1. The van der Waals surface area contributed by atoms with Crippen LogP contribution in [0.5, 0.6) is 11.5 Å². The number of nitrogens with zero attached hydrogens (tertiary/aromatic N) is 1. The molecule has 174 valence electrons. The quantitative estimate of drug-likeness (QED) is 0.253. The van der Waals surface area contributed by atoms with Crippen LogP contribution < -0.4 is 9.47 Å². The van der Waals surface area contributed by atoms with Crippen LogP contribution in [0.1, 0.15) is 16.7 Å². The molecule has 3 aromatic rings. The van der Waals surface area contributed by atoms with Crippen LogP contribution in [0, 0.1) is 0 Å². The summed E-state index contributed by atoms with van der Waals surface area (Å²) in [6.07, 6.45) is 1.68. The molecule has 0 bridgehead atoms. The Labute approximate surface area is 223 Å². The Hall–Kier alpha value is -2.26. The number of thioether (sulfide) groups is 1. The maximum atomic E-state index is 12.9. The number of methoxy groups -OCH3 is 1. The van der Waals surface area contributed by atoms with Crippen molar-refractivity contribution in [2.75, 3.05) is 7.11 Å². The summed E-state index contributed by atoms with van der Waals surface area (Å²) in [6.45, 7) is 0.530. The molecule has 34 heavy (non-hydrogen) atoms. The maximum Gasteiger partial charge on any atom is 0.293 e. The van der Waals surface area contributed by atoms with E-state index in [1.54, 1.807) is 37.5 Å². The van der Waals surface area contributed by atoms with Crippen LogP contribution in [0.2, 0.25) is 5.02 Å².